The van der Waals surface area contributed by atoms with Crippen molar-refractivity contribution >= 4 is 33.5 Å². The molecule has 0 bridgehead atoms. The van der Waals surface area contributed by atoms with Crippen molar-refractivity contribution in [3.63, 3.8) is 0 Å². The summed E-state index contributed by atoms with van der Waals surface area (Å²) in [6, 6.07) is 11.5. The molecule has 1 aromatic heterocycles. The van der Waals surface area contributed by atoms with Gasteiger partial charge in [-0.3, -0.25) is 4.79 Å². The molecular formula is C20H23N2O4+. The van der Waals surface area contributed by atoms with Gasteiger partial charge in [0.2, 0.25) is 0 Å². The van der Waals surface area contributed by atoms with Crippen molar-refractivity contribution in [1.29, 1.82) is 0 Å². The molecule has 2 N–H and O–H groups in total. The number of benzene rings is 2. The summed E-state index contributed by atoms with van der Waals surface area (Å²) in [5.74, 6) is 0.595. The zero-order valence-corrected chi connectivity index (χ0v) is 15.0. The highest BCUT2D eigenvalue weighted by Crippen LogP contribution is 2.36. The maximum atomic E-state index is 12.7. The summed E-state index contributed by atoms with van der Waals surface area (Å²) in [7, 11) is 1.61. The number of methoxy groups -OCH3 is 1. The SMILES string of the molecule is COc1cc2c(cc1NC(=O)[C@H](C)[NH+]1CCOCC1)oc1ccccc12. The van der Waals surface area contributed by atoms with Gasteiger partial charge < -0.3 is 24.1 Å². The van der Waals surface area contributed by atoms with Crippen LogP contribution in [0.5, 0.6) is 5.75 Å². The number of ether oxygens (including phenoxy) is 2. The minimum atomic E-state index is -0.157. The molecule has 0 unspecified atom stereocenters. The number of para-hydroxylation sites is 1. The predicted molar refractivity (Wildman–Crippen MR) is 99.9 cm³/mol. The Kier molecular flexibility index (Phi) is 4.53. The number of quaternary nitrogens is 1. The van der Waals surface area contributed by atoms with Gasteiger partial charge in [0.1, 0.15) is 30.0 Å². The fourth-order valence-corrected chi connectivity index (χ4v) is 3.51. The number of morpholine rings is 1. The summed E-state index contributed by atoms with van der Waals surface area (Å²) in [5.41, 5.74) is 2.18. The Morgan fingerprint density at radius 1 is 1.15 bits per heavy atom. The average Bonchev–Trinajstić information content (AvgIpc) is 3.04. The number of furan rings is 1. The van der Waals surface area contributed by atoms with Crippen LogP contribution >= 0.6 is 0 Å². The normalized spacial score (nSPS) is 16.7. The molecule has 6 nitrogen and oxygen atoms in total. The predicted octanol–water partition coefficient (Wildman–Crippen LogP) is 1.84. The number of nitrogens with one attached hydrogen (secondary N) is 2. The summed E-state index contributed by atoms with van der Waals surface area (Å²) < 4.78 is 16.8. The van der Waals surface area contributed by atoms with Gasteiger partial charge in [-0.2, -0.15) is 0 Å². The zero-order valence-electron chi connectivity index (χ0n) is 15.0. The molecule has 0 radical (unpaired) electrons. The lowest BCUT2D eigenvalue weighted by atomic mass is 10.1. The Labute approximate surface area is 151 Å². The summed E-state index contributed by atoms with van der Waals surface area (Å²) >= 11 is 0. The molecule has 1 aliphatic rings. The standard InChI is InChI=1S/C20H22N2O4/c1-13(22-7-9-25-10-8-22)20(23)21-16-12-18-15(11-19(16)24-2)14-5-3-4-6-17(14)26-18/h3-6,11-13H,7-10H2,1-2H3,(H,21,23)/p+1/t13-/m0/s1. The van der Waals surface area contributed by atoms with Crippen LogP contribution in [-0.2, 0) is 9.53 Å². The molecule has 4 rings (SSSR count). The molecule has 6 heteroatoms. The van der Waals surface area contributed by atoms with Gasteiger partial charge >= 0.3 is 0 Å². The molecule has 3 aromatic rings. The first-order valence-electron chi connectivity index (χ1n) is 8.90. The van der Waals surface area contributed by atoms with Crippen LogP contribution in [0, 0.1) is 0 Å². The number of carbonyl (C=O) groups is 1. The first-order valence-corrected chi connectivity index (χ1v) is 8.90. The van der Waals surface area contributed by atoms with Gasteiger partial charge in [0, 0.05) is 16.8 Å². The van der Waals surface area contributed by atoms with E-state index in [-0.39, 0.29) is 11.9 Å². The zero-order chi connectivity index (χ0) is 18.1. The average molecular weight is 355 g/mol. The van der Waals surface area contributed by atoms with Gasteiger partial charge in [0.25, 0.3) is 5.91 Å². The fourth-order valence-electron chi connectivity index (χ4n) is 3.51. The minimum Gasteiger partial charge on any atom is -0.495 e. The van der Waals surface area contributed by atoms with Crippen molar-refractivity contribution in [3.05, 3.63) is 36.4 Å². The van der Waals surface area contributed by atoms with E-state index in [1.54, 1.807) is 7.11 Å². The lowest BCUT2D eigenvalue weighted by molar-refractivity contribution is -0.921. The molecule has 1 saturated heterocycles. The van der Waals surface area contributed by atoms with Crippen LogP contribution in [0.3, 0.4) is 0 Å². The van der Waals surface area contributed by atoms with Gasteiger partial charge in [-0.1, -0.05) is 18.2 Å². The van der Waals surface area contributed by atoms with Crippen LogP contribution in [0.2, 0.25) is 0 Å². The highest BCUT2D eigenvalue weighted by molar-refractivity contribution is 6.08. The van der Waals surface area contributed by atoms with Gasteiger partial charge in [0.15, 0.2) is 6.04 Å². The molecule has 2 aromatic carbocycles. The Morgan fingerprint density at radius 2 is 1.92 bits per heavy atom. The highest BCUT2D eigenvalue weighted by atomic mass is 16.5. The molecule has 0 saturated carbocycles. The van der Waals surface area contributed by atoms with E-state index in [0.29, 0.717) is 24.7 Å². The lowest BCUT2D eigenvalue weighted by Crippen LogP contribution is -3.18. The quantitative estimate of drug-likeness (QED) is 0.750. The van der Waals surface area contributed by atoms with E-state index < -0.39 is 0 Å². The maximum Gasteiger partial charge on any atom is 0.282 e. The van der Waals surface area contributed by atoms with E-state index in [2.05, 4.69) is 5.32 Å². The van der Waals surface area contributed by atoms with Crippen molar-refractivity contribution in [2.45, 2.75) is 13.0 Å². The first kappa shape index (κ1) is 16.9. The molecule has 26 heavy (non-hydrogen) atoms. The smallest absolute Gasteiger partial charge is 0.282 e. The van der Waals surface area contributed by atoms with E-state index >= 15 is 0 Å². The van der Waals surface area contributed by atoms with Gasteiger partial charge in [-0.05, 0) is 19.1 Å². The third-order valence-corrected chi connectivity index (χ3v) is 5.10. The van der Waals surface area contributed by atoms with E-state index in [1.807, 2.05) is 43.3 Å². The van der Waals surface area contributed by atoms with Crippen molar-refractivity contribution in [1.82, 2.24) is 0 Å². The topological polar surface area (TPSA) is 65.1 Å². The van der Waals surface area contributed by atoms with Crippen LogP contribution in [0.1, 0.15) is 6.92 Å². The number of anilines is 1. The number of carbonyl (C=O) groups excluding carboxylic acids is 1. The highest BCUT2D eigenvalue weighted by Gasteiger charge is 2.27. The summed E-state index contributed by atoms with van der Waals surface area (Å²) in [6.07, 6.45) is 0. The molecular weight excluding hydrogens is 332 g/mol. The number of rotatable bonds is 4. The van der Waals surface area contributed by atoms with Crippen LogP contribution in [-0.4, -0.2) is 45.4 Å². The lowest BCUT2D eigenvalue weighted by Gasteiger charge is -2.28. The number of hydrogen-bond donors (Lipinski definition) is 2. The molecule has 0 spiro atoms. The molecule has 136 valence electrons. The van der Waals surface area contributed by atoms with Gasteiger partial charge in [0.05, 0.1) is 26.0 Å². The third kappa shape index (κ3) is 3.02. The van der Waals surface area contributed by atoms with Crippen LogP contribution in [0.25, 0.3) is 21.9 Å². The van der Waals surface area contributed by atoms with Crippen molar-refractivity contribution in [2.75, 3.05) is 38.7 Å². The Balaban J connectivity index is 1.64. The van der Waals surface area contributed by atoms with E-state index in [9.17, 15) is 4.79 Å². The number of fused-ring (bicyclic) bond motifs is 3. The second kappa shape index (κ2) is 6.97. The molecule has 1 amide bonds. The van der Waals surface area contributed by atoms with E-state index in [0.717, 1.165) is 35.0 Å². The Morgan fingerprint density at radius 3 is 2.69 bits per heavy atom. The van der Waals surface area contributed by atoms with Gasteiger partial charge in [-0.25, -0.2) is 0 Å². The molecule has 1 fully saturated rings. The Hall–Kier alpha value is -2.57. The third-order valence-electron chi connectivity index (χ3n) is 5.10. The van der Waals surface area contributed by atoms with Crippen LogP contribution in [0.15, 0.2) is 40.8 Å². The minimum absolute atomic E-state index is 0.0318. The largest absolute Gasteiger partial charge is 0.495 e. The summed E-state index contributed by atoms with van der Waals surface area (Å²) in [5, 5.41) is 5.02. The summed E-state index contributed by atoms with van der Waals surface area (Å²) in [4.78, 5) is 14.0. The molecule has 0 aliphatic carbocycles. The van der Waals surface area contributed by atoms with Crippen LogP contribution < -0.4 is 15.0 Å². The number of amides is 1. The fraction of sp³-hybridized carbons (Fsp3) is 0.350. The molecule has 2 heterocycles. The summed E-state index contributed by atoms with van der Waals surface area (Å²) in [6.45, 7) is 5.02. The van der Waals surface area contributed by atoms with Crippen molar-refractivity contribution in [2.24, 2.45) is 0 Å². The monoisotopic (exact) mass is 355 g/mol. The number of hydrogen-bond acceptors (Lipinski definition) is 4. The van der Waals surface area contributed by atoms with Crippen LogP contribution in [0.4, 0.5) is 5.69 Å². The van der Waals surface area contributed by atoms with E-state index in [4.69, 9.17) is 13.9 Å². The second-order valence-corrected chi connectivity index (χ2v) is 6.63. The maximum absolute atomic E-state index is 12.7. The molecule has 1 aliphatic heterocycles. The molecule has 1 atom stereocenters. The Bertz CT molecular complexity index is 944. The van der Waals surface area contributed by atoms with Crippen molar-refractivity contribution < 1.29 is 23.6 Å². The van der Waals surface area contributed by atoms with E-state index in [1.165, 1.54) is 4.90 Å². The van der Waals surface area contributed by atoms with Crippen molar-refractivity contribution in [3.8, 4) is 5.75 Å². The van der Waals surface area contributed by atoms with Gasteiger partial charge in [-0.15, -0.1) is 0 Å². The second-order valence-electron chi connectivity index (χ2n) is 6.63. The first-order chi connectivity index (χ1) is 12.7.